The lowest BCUT2D eigenvalue weighted by Crippen LogP contribution is -2.36. The number of pyridine rings is 1. The van der Waals surface area contributed by atoms with Gasteiger partial charge in [0.25, 0.3) is 0 Å². The number of aromatic nitrogens is 2. The minimum atomic E-state index is 0.509. The van der Waals surface area contributed by atoms with Gasteiger partial charge in [-0.05, 0) is 31.0 Å². The number of guanidine groups is 1. The van der Waals surface area contributed by atoms with Crippen molar-refractivity contribution in [1.29, 1.82) is 0 Å². The maximum atomic E-state index is 5.88. The van der Waals surface area contributed by atoms with Crippen molar-refractivity contribution >= 4 is 5.96 Å². The monoisotopic (exact) mass is 437 g/mol. The molecular formula is C24H31N5O3. The van der Waals surface area contributed by atoms with Gasteiger partial charge < -0.3 is 24.6 Å². The van der Waals surface area contributed by atoms with E-state index in [-0.39, 0.29) is 0 Å². The predicted molar refractivity (Wildman–Crippen MR) is 124 cm³/mol. The Bertz CT molecular complexity index is 993. The number of nitrogens with one attached hydrogen (secondary N) is 2. The summed E-state index contributed by atoms with van der Waals surface area (Å²) in [6.07, 6.45) is 3.43. The molecule has 170 valence electrons. The molecule has 2 N–H and O–H groups in total. The van der Waals surface area contributed by atoms with Gasteiger partial charge in [-0.1, -0.05) is 37.2 Å². The SMILES string of the molecule is CCOc1ccccc1Oc1ccc(CNC(=NC)NCc2c(CC)noc2CC)cn1. The predicted octanol–water partition coefficient (Wildman–Crippen LogP) is 4.25. The van der Waals surface area contributed by atoms with Crippen molar-refractivity contribution in [2.24, 2.45) is 4.99 Å². The van der Waals surface area contributed by atoms with Gasteiger partial charge in [-0.15, -0.1) is 0 Å². The van der Waals surface area contributed by atoms with Gasteiger partial charge >= 0.3 is 0 Å². The van der Waals surface area contributed by atoms with E-state index in [0.29, 0.717) is 43.0 Å². The first-order valence-electron chi connectivity index (χ1n) is 10.9. The Morgan fingerprint density at radius 1 is 1.00 bits per heavy atom. The molecule has 0 aliphatic carbocycles. The van der Waals surface area contributed by atoms with Crippen LogP contribution in [-0.2, 0) is 25.9 Å². The molecule has 0 aliphatic heterocycles. The van der Waals surface area contributed by atoms with Crippen LogP contribution in [0.1, 0.15) is 43.4 Å². The van der Waals surface area contributed by atoms with Gasteiger partial charge in [-0.25, -0.2) is 4.98 Å². The van der Waals surface area contributed by atoms with Crippen LogP contribution < -0.4 is 20.1 Å². The molecule has 0 radical (unpaired) electrons. The molecule has 0 spiro atoms. The minimum Gasteiger partial charge on any atom is -0.490 e. The molecule has 0 fully saturated rings. The fourth-order valence-corrected chi connectivity index (χ4v) is 3.21. The number of hydrogen-bond acceptors (Lipinski definition) is 6. The number of para-hydroxylation sites is 2. The van der Waals surface area contributed by atoms with Gasteiger partial charge in [-0.2, -0.15) is 0 Å². The molecule has 0 bridgehead atoms. The highest BCUT2D eigenvalue weighted by Gasteiger charge is 2.13. The third-order valence-corrected chi connectivity index (χ3v) is 4.88. The normalized spacial score (nSPS) is 11.3. The lowest BCUT2D eigenvalue weighted by Gasteiger charge is -2.13. The molecule has 2 aromatic heterocycles. The average Bonchev–Trinajstić information content (AvgIpc) is 3.23. The highest BCUT2D eigenvalue weighted by molar-refractivity contribution is 5.79. The van der Waals surface area contributed by atoms with Gasteiger partial charge in [0, 0.05) is 44.4 Å². The van der Waals surface area contributed by atoms with Crippen molar-refractivity contribution in [1.82, 2.24) is 20.8 Å². The standard InChI is InChI=1S/C24H31N5O3/c1-5-19-18(20(6-2)32-29-19)16-28-24(25-4)27-15-17-12-13-23(26-14-17)31-22-11-9-8-10-21(22)30-7-3/h8-14H,5-7,15-16H2,1-4H3,(H2,25,27,28). The second-order valence-corrected chi connectivity index (χ2v) is 7.00. The first-order valence-corrected chi connectivity index (χ1v) is 10.9. The molecular weight excluding hydrogens is 406 g/mol. The number of aryl methyl sites for hydroxylation is 2. The van der Waals surface area contributed by atoms with Crippen molar-refractivity contribution in [2.45, 2.75) is 46.7 Å². The van der Waals surface area contributed by atoms with Crippen molar-refractivity contribution in [3.8, 4) is 17.4 Å². The minimum absolute atomic E-state index is 0.509. The van der Waals surface area contributed by atoms with Crippen molar-refractivity contribution in [2.75, 3.05) is 13.7 Å². The molecule has 8 nitrogen and oxygen atoms in total. The highest BCUT2D eigenvalue weighted by atomic mass is 16.5. The fraction of sp³-hybridized carbons (Fsp3) is 0.375. The number of benzene rings is 1. The van der Waals surface area contributed by atoms with E-state index in [1.807, 2.05) is 43.3 Å². The Morgan fingerprint density at radius 3 is 2.44 bits per heavy atom. The van der Waals surface area contributed by atoms with Gasteiger partial charge in [0.05, 0.1) is 12.3 Å². The van der Waals surface area contributed by atoms with Crippen molar-refractivity contribution < 1.29 is 14.0 Å². The summed E-state index contributed by atoms with van der Waals surface area (Å²) < 4.78 is 16.9. The summed E-state index contributed by atoms with van der Waals surface area (Å²) in [5.41, 5.74) is 3.09. The zero-order chi connectivity index (χ0) is 22.8. The summed E-state index contributed by atoms with van der Waals surface area (Å²) in [4.78, 5) is 8.71. The Morgan fingerprint density at radius 2 is 1.78 bits per heavy atom. The van der Waals surface area contributed by atoms with Gasteiger partial charge in [-0.3, -0.25) is 4.99 Å². The highest BCUT2D eigenvalue weighted by Crippen LogP contribution is 2.30. The van der Waals surface area contributed by atoms with E-state index in [1.54, 1.807) is 13.2 Å². The van der Waals surface area contributed by atoms with E-state index in [0.717, 1.165) is 35.4 Å². The smallest absolute Gasteiger partial charge is 0.219 e. The molecule has 0 aliphatic rings. The maximum Gasteiger partial charge on any atom is 0.219 e. The van der Waals surface area contributed by atoms with Crippen molar-refractivity contribution in [3.05, 3.63) is 65.2 Å². The fourth-order valence-electron chi connectivity index (χ4n) is 3.21. The molecule has 3 rings (SSSR count). The van der Waals surface area contributed by atoms with E-state index >= 15 is 0 Å². The third-order valence-electron chi connectivity index (χ3n) is 4.88. The Labute approximate surface area is 189 Å². The number of nitrogens with zero attached hydrogens (tertiary/aromatic N) is 3. The molecule has 2 heterocycles. The maximum absolute atomic E-state index is 5.88. The summed E-state index contributed by atoms with van der Waals surface area (Å²) in [6, 6.07) is 11.4. The Hall–Kier alpha value is -3.55. The average molecular weight is 438 g/mol. The molecule has 3 aromatic rings. The Kier molecular flexibility index (Phi) is 8.48. The summed E-state index contributed by atoms with van der Waals surface area (Å²) in [6.45, 7) is 7.84. The van der Waals surface area contributed by atoms with Crippen LogP contribution >= 0.6 is 0 Å². The summed E-state index contributed by atoms with van der Waals surface area (Å²) >= 11 is 0. The first kappa shape index (κ1) is 23.1. The second kappa shape index (κ2) is 11.7. The van der Waals surface area contributed by atoms with E-state index in [1.165, 1.54) is 0 Å². The van der Waals surface area contributed by atoms with Crippen LogP contribution in [0.5, 0.6) is 17.4 Å². The molecule has 0 amide bonds. The second-order valence-electron chi connectivity index (χ2n) is 7.00. The molecule has 0 saturated heterocycles. The van der Waals surface area contributed by atoms with Gasteiger partial charge in [0.2, 0.25) is 5.88 Å². The van der Waals surface area contributed by atoms with Gasteiger partial charge in [0.1, 0.15) is 5.76 Å². The summed E-state index contributed by atoms with van der Waals surface area (Å²) in [7, 11) is 1.75. The van der Waals surface area contributed by atoms with Gasteiger partial charge in [0.15, 0.2) is 17.5 Å². The van der Waals surface area contributed by atoms with E-state index in [9.17, 15) is 0 Å². The molecule has 1 aromatic carbocycles. The van der Waals surface area contributed by atoms with E-state index < -0.39 is 0 Å². The number of hydrogen-bond donors (Lipinski definition) is 2. The molecule has 0 saturated carbocycles. The zero-order valence-electron chi connectivity index (χ0n) is 19.1. The van der Waals surface area contributed by atoms with E-state index in [4.69, 9.17) is 14.0 Å². The zero-order valence-corrected chi connectivity index (χ0v) is 19.1. The summed E-state index contributed by atoms with van der Waals surface area (Å²) in [5, 5.41) is 10.8. The summed E-state index contributed by atoms with van der Waals surface area (Å²) in [5.74, 6) is 3.46. The van der Waals surface area contributed by atoms with Crippen LogP contribution in [0.4, 0.5) is 0 Å². The number of ether oxygens (including phenoxy) is 2. The topological polar surface area (TPSA) is 93.8 Å². The van der Waals surface area contributed by atoms with Crippen LogP contribution in [0.2, 0.25) is 0 Å². The van der Waals surface area contributed by atoms with Crippen LogP contribution in [-0.4, -0.2) is 29.8 Å². The van der Waals surface area contributed by atoms with Crippen LogP contribution in [0.3, 0.4) is 0 Å². The van der Waals surface area contributed by atoms with E-state index in [2.05, 4.69) is 39.6 Å². The number of rotatable bonds is 10. The Balaban J connectivity index is 1.55. The quantitative estimate of drug-likeness (QED) is 0.362. The molecule has 8 heteroatoms. The molecule has 0 atom stereocenters. The van der Waals surface area contributed by atoms with Crippen molar-refractivity contribution in [3.63, 3.8) is 0 Å². The molecule has 0 unspecified atom stereocenters. The number of aliphatic imine (C=N–C) groups is 1. The lowest BCUT2D eigenvalue weighted by atomic mass is 10.1. The van der Waals surface area contributed by atoms with Crippen LogP contribution in [0, 0.1) is 0 Å². The molecule has 32 heavy (non-hydrogen) atoms. The van der Waals surface area contributed by atoms with Crippen LogP contribution in [0.15, 0.2) is 52.1 Å². The third kappa shape index (κ3) is 6.00. The van der Waals surface area contributed by atoms with Crippen LogP contribution in [0.25, 0.3) is 0 Å². The largest absolute Gasteiger partial charge is 0.490 e. The lowest BCUT2D eigenvalue weighted by molar-refractivity contribution is 0.319. The first-order chi connectivity index (χ1) is 15.7.